The summed E-state index contributed by atoms with van der Waals surface area (Å²) in [7, 11) is 0. The van der Waals surface area contributed by atoms with Gasteiger partial charge in [0.15, 0.2) is 0 Å². The lowest BCUT2D eigenvalue weighted by atomic mass is 9.73. The van der Waals surface area contributed by atoms with Gasteiger partial charge in [-0.3, -0.25) is 4.79 Å². The maximum Gasteiger partial charge on any atom is 0.407 e. The van der Waals surface area contributed by atoms with Crippen molar-refractivity contribution in [2.75, 3.05) is 6.61 Å². The predicted molar refractivity (Wildman–Crippen MR) is 131 cm³/mol. The zero-order valence-corrected chi connectivity index (χ0v) is 20.5. The Hall–Kier alpha value is -3.35. The molecule has 2 aromatic carbocycles. The predicted octanol–water partition coefficient (Wildman–Crippen LogP) is 4.70. The highest BCUT2D eigenvalue weighted by atomic mass is 16.5. The number of carbonyl (C=O) groups is 3. The normalized spacial score (nSPS) is 14.0. The summed E-state index contributed by atoms with van der Waals surface area (Å²) >= 11 is 0. The van der Waals surface area contributed by atoms with Crippen molar-refractivity contribution in [3.63, 3.8) is 0 Å². The third-order valence-corrected chi connectivity index (χ3v) is 7.07. The number of nitrogens with one attached hydrogen (secondary N) is 2. The van der Waals surface area contributed by atoms with Gasteiger partial charge in [0.1, 0.15) is 12.6 Å². The van der Waals surface area contributed by atoms with Gasteiger partial charge in [-0.1, -0.05) is 61.9 Å². The molecule has 1 aliphatic carbocycles. The first kappa shape index (κ1) is 25.3. The lowest BCUT2D eigenvalue weighted by molar-refractivity contribution is -0.144. The SMILES string of the molecule is CCC[C@@H](NC(=O)C(C)(C)C(C)(C)NC(=O)OCC1c2ccccc2-c2ccccc21)C(=O)O. The molecule has 7 heteroatoms. The fraction of sp³-hybridized carbons (Fsp3) is 0.444. The van der Waals surface area contributed by atoms with Crippen LogP contribution in [0, 0.1) is 5.41 Å². The molecule has 7 nitrogen and oxygen atoms in total. The second-order valence-corrected chi connectivity index (χ2v) is 9.85. The van der Waals surface area contributed by atoms with Gasteiger partial charge in [-0.25, -0.2) is 9.59 Å². The number of carbonyl (C=O) groups excluding carboxylic acids is 2. The Kier molecular flexibility index (Phi) is 7.34. The number of carboxylic acid groups (broad SMARTS) is 1. The van der Waals surface area contributed by atoms with Crippen molar-refractivity contribution < 1.29 is 24.2 Å². The molecule has 0 unspecified atom stereocenters. The van der Waals surface area contributed by atoms with Gasteiger partial charge in [0, 0.05) is 5.92 Å². The second kappa shape index (κ2) is 9.87. The summed E-state index contributed by atoms with van der Waals surface area (Å²) in [6.45, 7) is 8.83. The second-order valence-electron chi connectivity index (χ2n) is 9.85. The molecule has 0 fully saturated rings. The van der Waals surface area contributed by atoms with Gasteiger partial charge in [-0.15, -0.1) is 0 Å². The Bertz CT molecular complexity index is 1030. The molecule has 34 heavy (non-hydrogen) atoms. The van der Waals surface area contributed by atoms with E-state index >= 15 is 0 Å². The quantitative estimate of drug-likeness (QED) is 0.497. The Morgan fingerprint density at radius 2 is 1.50 bits per heavy atom. The number of aliphatic carboxylic acids is 1. The summed E-state index contributed by atoms with van der Waals surface area (Å²) in [5.74, 6) is -1.59. The molecule has 3 N–H and O–H groups in total. The molecule has 0 heterocycles. The van der Waals surface area contributed by atoms with Gasteiger partial charge < -0.3 is 20.5 Å². The molecular weight excluding hydrogens is 432 g/mol. The number of benzene rings is 2. The number of alkyl carbamates (subject to hydrolysis) is 1. The van der Waals surface area contributed by atoms with Gasteiger partial charge in [0.25, 0.3) is 0 Å². The first-order chi connectivity index (χ1) is 16.0. The lowest BCUT2D eigenvalue weighted by Gasteiger charge is -2.41. The number of amides is 2. The number of carboxylic acids is 1. The summed E-state index contributed by atoms with van der Waals surface area (Å²) in [6, 6.07) is 15.2. The maximum absolute atomic E-state index is 13.0. The molecule has 2 amide bonds. The lowest BCUT2D eigenvalue weighted by Crippen LogP contribution is -2.61. The fourth-order valence-corrected chi connectivity index (χ4v) is 4.21. The van der Waals surface area contributed by atoms with Gasteiger partial charge in [-0.2, -0.15) is 0 Å². The van der Waals surface area contributed by atoms with Crippen LogP contribution in [0.15, 0.2) is 48.5 Å². The number of hydrogen-bond acceptors (Lipinski definition) is 4. The van der Waals surface area contributed by atoms with Crippen molar-refractivity contribution in [1.82, 2.24) is 10.6 Å². The van der Waals surface area contributed by atoms with Crippen molar-refractivity contribution >= 4 is 18.0 Å². The van der Waals surface area contributed by atoms with E-state index in [1.807, 2.05) is 43.3 Å². The molecule has 0 saturated carbocycles. The van der Waals surface area contributed by atoms with E-state index in [0.717, 1.165) is 22.3 Å². The van der Waals surface area contributed by atoms with E-state index in [4.69, 9.17) is 4.74 Å². The highest BCUT2D eigenvalue weighted by Crippen LogP contribution is 2.44. The Balaban J connectivity index is 1.67. The summed E-state index contributed by atoms with van der Waals surface area (Å²) in [5, 5.41) is 14.8. The van der Waals surface area contributed by atoms with E-state index < -0.39 is 35.0 Å². The molecule has 0 aromatic heterocycles. The van der Waals surface area contributed by atoms with Crippen LogP contribution in [0.25, 0.3) is 11.1 Å². The molecule has 1 aliphatic rings. The van der Waals surface area contributed by atoms with Crippen LogP contribution in [0.5, 0.6) is 0 Å². The highest BCUT2D eigenvalue weighted by Gasteiger charge is 2.45. The largest absolute Gasteiger partial charge is 0.480 e. The first-order valence-corrected chi connectivity index (χ1v) is 11.7. The van der Waals surface area contributed by atoms with Crippen molar-refractivity contribution in [3.8, 4) is 11.1 Å². The minimum Gasteiger partial charge on any atom is -0.480 e. The van der Waals surface area contributed by atoms with Crippen LogP contribution in [-0.4, -0.2) is 41.3 Å². The van der Waals surface area contributed by atoms with E-state index in [1.54, 1.807) is 27.7 Å². The van der Waals surface area contributed by atoms with Crippen molar-refractivity contribution in [2.24, 2.45) is 5.41 Å². The number of ether oxygens (including phenoxy) is 1. The van der Waals surface area contributed by atoms with Gasteiger partial charge in [-0.05, 0) is 56.4 Å². The molecule has 1 atom stereocenters. The van der Waals surface area contributed by atoms with E-state index in [1.165, 1.54) is 0 Å². The zero-order chi connectivity index (χ0) is 25.1. The molecular formula is C27H34N2O5. The molecule has 0 saturated heterocycles. The standard InChI is InChI=1S/C27H34N2O5/c1-6-11-22(23(30)31)28-24(32)26(2,3)27(4,5)29-25(33)34-16-21-19-14-9-7-12-17(19)18-13-8-10-15-20(18)21/h7-10,12-15,21-22H,6,11,16H2,1-5H3,(H,28,32)(H,29,33)(H,30,31)/t22-/m1/s1. The Morgan fingerprint density at radius 1 is 0.971 bits per heavy atom. The Morgan fingerprint density at radius 3 is 2.00 bits per heavy atom. The number of hydrogen-bond donors (Lipinski definition) is 3. The van der Waals surface area contributed by atoms with Gasteiger partial charge >= 0.3 is 12.1 Å². The van der Waals surface area contributed by atoms with Crippen molar-refractivity contribution in [2.45, 2.75) is 65.0 Å². The smallest absolute Gasteiger partial charge is 0.407 e. The monoisotopic (exact) mass is 466 g/mol. The van der Waals surface area contributed by atoms with Crippen LogP contribution in [0.3, 0.4) is 0 Å². The molecule has 3 rings (SSSR count). The van der Waals surface area contributed by atoms with Gasteiger partial charge in [0.05, 0.1) is 11.0 Å². The van der Waals surface area contributed by atoms with Crippen LogP contribution in [0.2, 0.25) is 0 Å². The summed E-state index contributed by atoms with van der Waals surface area (Å²) in [4.78, 5) is 37.2. The topological polar surface area (TPSA) is 105 Å². The summed E-state index contributed by atoms with van der Waals surface area (Å²) in [5.41, 5.74) is 2.42. The first-order valence-electron chi connectivity index (χ1n) is 11.7. The van der Waals surface area contributed by atoms with E-state index in [0.29, 0.717) is 12.8 Å². The van der Waals surface area contributed by atoms with E-state index in [9.17, 15) is 19.5 Å². The van der Waals surface area contributed by atoms with Crippen molar-refractivity contribution in [1.29, 1.82) is 0 Å². The van der Waals surface area contributed by atoms with Gasteiger partial charge in [0.2, 0.25) is 5.91 Å². The van der Waals surface area contributed by atoms with Crippen LogP contribution < -0.4 is 10.6 Å². The Labute approximate surface area is 200 Å². The molecule has 0 radical (unpaired) electrons. The fourth-order valence-electron chi connectivity index (χ4n) is 4.21. The van der Waals surface area contributed by atoms with Crippen LogP contribution >= 0.6 is 0 Å². The van der Waals surface area contributed by atoms with Crippen LogP contribution in [0.1, 0.15) is 64.5 Å². The molecule has 0 bridgehead atoms. The average molecular weight is 467 g/mol. The van der Waals surface area contributed by atoms with E-state index in [-0.39, 0.29) is 12.5 Å². The highest BCUT2D eigenvalue weighted by molar-refractivity contribution is 5.88. The van der Waals surface area contributed by atoms with Crippen LogP contribution in [0.4, 0.5) is 4.79 Å². The molecule has 0 aliphatic heterocycles. The summed E-state index contributed by atoms with van der Waals surface area (Å²) in [6.07, 6.45) is 0.326. The molecule has 182 valence electrons. The van der Waals surface area contributed by atoms with Crippen molar-refractivity contribution in [3.05, 3.63) is 59.7 Å². The summed E-state index contributed by atoms with van der Waals surface area (Å²) < 4.78 is 5.63. The van der Waals surface area contributed by atoms with E-state index in [2.05, 4.69) is 22.8 Å². The molecule has 0 spiro atoms. The average Bonchev–Trinajstić information content (AvgIpc) is 3.10. The van der Waals surface area contributed by atoms with Crippen LogP contribution in [-0.2, 0) is 14.3 Å². The minimum atomic E-state index is -1.10. The maximum atomic E-state index is 13.0. The minimum absolute atomic E-state index is 0.0667. The molecule has 2 aromatic rings. The number of fused-ring (bicyclic) bond motifs is 3. The third-order valence-electron chi connectivity index (χ3n) is 7.07. The zero-order valence-electron chi connectivity index (χ0n) is 20.5. The number of rotatable bonds is 9. The third kappa shape index (κ3) is 4.93.